The van der Waals surface area contributed by atoms with Crippen LogP contribution in [-0.4, -0.2) is 38.4 Å². The molecule has 0 spiro atoms. The lowest BCUT2D eigenvalue weighted by atomic mass is 10.2. The lowest BCUT2D eigenvalue weighted by Gasteiger charge is -2.31. The fourth-order valence-corrected chi connectivity index (χ4v) is 3.23. The van der Waals surface area contributed by atoms with Crippen LogP contribution in [0.2, 0.25) is 5.02 Å². The SMILES string of the molecule is CC.Cc1cncc(Cl)c1Nc1nccc2c1ccn2CC(=O)N1CCC1. The minimum absolute atomic E-state index is 0.156. The highest BCUT2D eigenvalue weighted by atomic mass is 35.5. The molecule has 0 saturated carbocycles. The number of anilines is 2. The van der Waals surface area contributed by atoms with Gasteiger partial charge in [-0.05, 0) is 31.0 Å². The molecule has 0 atom stereocenters. The number of nitrogens with one attached hydrogen (secondary N) is 1. The van der Waals surface area contributed by atoms with Crippen LogP contribution in [-0.2, 0) is 11.3 Å². The smallest absolute Gasteiger partial charge is 0.242 e. The van der Waals surface area contributed by atoms with Gasteiger partial charge in [0.15, 0.2) is 0 Å². The highest BCUT2D eigenvalue weighted by Gasteiger charge is 2.21. The van der Waals surface area contributed by atoms with Gasteiger partial charge in [0.25, 0.3) is 0 Å². The second-order valence-corrected chi connectivity index (χ2v) is 6.62. The van der Waals surface area contributed by atoms with Gasteiger partial charge in [-0.3, -0.25) is 9.78 Å². The van der Waals surface area contributed by atoms with E-state index in [1.54, 1.807) is 18.6 Å². The van der Waals surface area contributed by atoms with Crippen LogP contribution in [0.5, 0.6) is 0 Å². The van der Waals surface area contributed by atoms with Crippen molar-refractivity contribution in [3.8, 4) is 0 Å². The van der Waals surface area contributed by atoms with Crippen molar-refractivity contribution in [3.05, 3.63) is 47.5 Å². The average molecular weight is 386 g/mol. The van der Waals surface area contributed by atoms with E-state index in [-0.39, 0.29) is 5.91 Å². The molecule has 1 amide bonds. The van der Waals surface area contributed by atoms with Crippen molar-refractivity contribution in [2.75, 3.05) is 18.4 Å². The standard InChI is InChI=1S/C18H18ClN5O.C2H6/c1-12-9-20-10-14(19)17(12)22-18-13-4-8-24(15(13)3-5-21-18)11-16(25)23-6-2-7-23;1-2/h3-5,8-10H,2,6-7,11H2,1H3,(H,20,21,22);1-2H3. The molecule has 4 heterocycles. The predicted octanol–water partition coefficient (Wildman–Crippen LogP) is 4.40. The van der Waals surface area contributed by atoms with Gasteiger partial charge in [0.05, 0.1) is 16.2 Å². The third-order valence-electron chi connectivity index (χ3n) is 4.54. The van der Waals surface area contributed by atoms with Crippen molar-refractivity contribution in [2.24, 2.45) is 0 Å². The Kier molecular flexibility index (Phi) is 5.96. The van der Waals surface area contributed by atoms with E-state index in [1.165, 1.54) is 0 Å². The molecular formula is C20H24ClN5O. The maximum absolute atomic E-state index is 12.3. The lowest BCUT2D eigenvalue weighted by Crippen LogP contribution is -2.43. The molecule has 27 heavy (non-hydrogen) atoms. The number of halogens is 1. The van der Waals surface area contributed by atoms with Gasteiger partial charge in [-0.1, -0.05) is 25.4 Å². The van der Waals surface area contributed by atoms with Gasteiger partial charge in [0, 0.05) is 43.3 Å². The van der Waals surface area contributed by atoms with Gasteiger partial charge in [-0.25, -0.2) is 4.98 Å². The highest BCUT2D eigenvalue weighted by Crippen LogP contribution is 2.30. The zero-order chi connectivity index (χ0) is 19.4. The van der Waals surface area contributed by atoms with Gasteiger partial charge in [-0.2, -0.15) is 0 Å². The fourth-order valence-electron chi connectivity index (χ4n) is 2.98. The van der Waals surface area contributed by atoms with Crippen LogP contribution in [0.3, 0.4) is 0 Å². The molecule has 0 bridgehead atoms. The number of amides is 1. The number of pyridine rings is 2. The molecular weight excluding hydrogens is 362 g/mol. The Morgan fingerprint density at radius 1 is 1.26 bits per heavy atom. The summed E-state index contributed by atoms with van der Waals surface area (Å²) in [6.45, 7) is 8.03. The normalized spacial score (nSPS) is 13.0. The molecule has 1 aliphatic rings. The second-order valence-electron chi connectivity index (χ2n) is 6.21. The second kappa shape index (κ2) is 8.39. The van der Waals surface area contributed by atoms with Crippen molar-refractivity contribution in [2.45, 2.75) is 33.7 Å². The third kappa shape index (κ3) is 3.90. The van der Waals surface area contributed by atoms with Gasteiger partial charge in [0.2, 0.25) is 5.91 Å². The summed E-state index contributed by atoms with van der Waals surface area (Å²) in [6, 6.07) is 3.89. The van der Waals surface area contributed by atoms with Crippen LogP contribution >= 0.6 is 11.6 Å². The van der Waals surface area contributed by atoms with Crippen LogP contribution in [0, 0.1) is 6.92 Å². The summed E-state index contributed by atoms with van der Waals surface area (Å²) in [7, 11) is 0. The zero-order valence-electron chi connectivity index (χ0n) is 15.9. The number of carbonyl (C=O) groups excluding carboxylic acids is 1. The molecule has 1 fully saturated rings. The van der Waals surface area contributed by atoms with Crippen LogP contribution in [0.1, 0.15) is 25.8 Å². The Hall–Kier alpha value is -2.60. The van der Waals surface area contributed by atoms with E-state index in [4.69, 9.17) is 11.6 Å². The van der Waals surface area contributed by atoms with Crippen molar-refractivity contribution < 1.29 is 4.79 Å². The predicted molar refractivity (Wildman–Crippen MR) is 110 cm³/mol. The van der Waals surface area contributed by atoms with Crippen molar-refractivity contribution in [3.63, 3.8) is 0 Å². The molecule has 1 aliphatic heterocycles. The Morgan fingerprint density at radius 2 is 2.04 bits per heavy atom. The average Bonchev–Trinajstić information content (AvgIpc) is 3.02. The molecule has 1 saturated heterocycles. The number of aryl methyl sites for hydroxylation is 1. The minimum Gasteiger partial charge on any atom is -0.341 e. The van der Waals surface area contributed by atoms with Crippen LogP contribution in [0.4, 0.5) is 11.5 Å². The van der Waals surface area contributed by atoms with Gasteiger partial charge in [-0.15, -0.1) is 0 Å². The lowest BCUT2D eigenvalue weighted by molar-refractivity contribution is -0.135. The quantitative estimate of drug-likeness (QED) is 0.723. The van der Waals surface area contributed by atoms with E-state index >= 15 is 0 Å². The molecule has 4 rings (SSSR count). The van der Waals surface area contributed by atoms with Crippen molar-refractivity contribution >= 4 is 39.9 Å². The van der Waals surface area contributed by atoms with E-state index in [1.807, 2.05) is 48.6 Å². The fraction of sp³-hybridized carbons (Fsp3) is 0.350. The maximum atomic E-state index is 12.3. The monoisotopic (exact) mass is 385 g/mol. The molecule has 0 unspecified atom stereocenters. The number of nitrogens with zero attached hydrogens (tertiary/aromatic N) is 4. The Labute approximate surface area is 164 Å². The first-order valence-electron chi connectivity index (χ1n) is 9.22. The van der Waals surface area contributed by atoms with Crippen molar-refractivity contribution in [1.29, 1.82) is 0 Å². The molecule has 0 radical (unpaired) electrons. The van der Waals surface area contributed by atoms with Gasteiger partial charge >= 0.3 is 0 Å². The summed E-state index contributed by atoms with van der Waals surface area (Å²) in [6.07, 6.45) is 8.12. The Morgan fingerprint density at radius 3 is 2.70 bits per heavy atom. The summed E-state index contributed by atoms with van der Waals surface area (Å²) in [5.74, 6) is 0.868. The Balaban J connectivity index is 0.00000102. The van der Waals surface area contributed by atoms with Crippen LogP contribution < -0.4 is 5.32 Å². The summed E-state index contributed by atoms with van der Waals surface area (Å²) in [5, 5.41) is 4.80. The number of likely N-dealkylation sites (tertiary alicyclic amines) is 1. The van der Waals surface area contributed by atoms with Crippen LogP contribution in [0.15, 0.2) is 36.9 Å². The first kappa shape index (κ1) is 19.2. The first-order chi connectivity index (χ1) is 13.1. The molecule has 0 aliphatic carbocycles. The summed E-state index contributed by atoms with van der Waals surface area (Å²) >= 11 is 6.25. The topological polar surface area (TPSA) is 63.1 Å². The largest absolute Gasteiger partial charge is 0.341 e. The van der Waals surface area contributed by atoms with Gasteiger partial charge < -0.3 is 14.8 Å². The number of hydrogen-bond donors (Lipinski definition) is 1. The van der Waals surface area contributed by atoms with Crippen molar-refractivity contribution in [1.82, 2.24) is 19.4 Å². The molecule has 0 aromatic carbocycles. The first-order valence-corrected chi connectivity index (χ1v) is 9.60. The van der Waals surface area contributed by atoms with Crippen LogP contribution in [0.25, 0.3) is 10.9 Å². The number of rotatable bonds is 4. The molecule has 1 N–H and O–H groups in total. The highest BCUT2D eigenvalue weighted by molar-refractivity contribution is 6.33. The zero-order valence-corrected chi connectivity index (χ0v) is 16.6. The molecule has 3 aromatic rings. The number of aromatic nitrogens is 3. The van der Waals surface area contributed by atoms with E-state index < -0.39 is 0 Å². The number of carbonyl (C=O) groups is 1. The van der Waals surface area contributed by atoms with E-state index in [0.29, 0.717) is 17.4 Å². The Bertz CT molecular complexity index is 928. The maximum Gasteiger partial charge on any atom is 0.242 e. The minimum atomic E-state index is 0.156. The molecule has 6 nitrogen and oxygen atoms in total. The third-order valence-corrected chi connectivity index (χ3v) is 4.83. The molecule has 3 aromatic heterocycles. The number of fused-ring (bicyclic) bond motifs is 1. The summed E-state index contributed by atoms with van der Waals surface area (Å²) in [5.41, 5.74) is 2.70. The van der Waals surface area contributed by atoms with E-state index in [9.17, 15) is 4.79 Å². The molecule has 7 heteroatoms. The number of hydrogen-bond acceptors (Lipinski definition) is 4. The van der Waals surface area contributed by atoms with Gasteiger partial charge in [0.1, 0.15) is 12.4 Å². The van der Waals surface area contributed by atoms with E-state index in [0.717, 1.165) is 41.7 Å². The molecule has 142 valence electrons. The summed E-state index contributed by atoms with van der Waals surface area (Å²) in [4.78, 5) is 22.6. The van der Waals surface area contributed by atoms with E-state index in [2.05, 4.69) is 15.3 Å². The summed E-state index contributed by atoms with van der Waals surface area (Å²) < 4.78 is 1.96.